The zero-order valence-corrected chi connectivity index (χ0v) is 12.0. The summed E-state index contributed by atoms with van der Waals surface area (Å²) < 4.78 is 13.4. The second kappa shape index (κ2) is 6.56. The maximum absolute atomic E-state index is 13.4. The molecule has 0 aliphatic rings. The van der Waals surface area contributed by atoms with E-state index in [1.165, 1.54) is 12.1 Å². The average molecular weight is 302 g/mol. The fourth-order valence-corrected chi connectivity index (χ4v) is 2.12. The van der Waals surface area contributed by atoms with Gasteiger partial charge < -0.3 is 16.3 Å². The smallest absolute Gasteiger partial charge is 0.253 e. The summed E-state index contributed by atoms with van der Waals surface area (Å²) in [6.07, 6.45) is 0.830. The van der Waals surface area contributed by atoms with Gasteiger partial charge in [0.05, 0.1) is 10.6 Å². The first kappa shape index (κ1) is 16.2. The highest BCUT2D eigenvalue weighted by Crippen LogP contribution is 2.22. The number of amides is 1. The Hall–Kier alpha value is -1.82. The van der Waals surface area contributed by atoms with Crippen molar-refractivity contribution in [3.63, 3.8) is 0 Å². The molecule has 4 N–H and O–H groups in total. The van der Waals surface area contributed by atoms with Crippen LogP contribution in [0.25, 0.3) is 0 Å². The topological polar surface area (TPSA) is 87.7 Å². The molecule has 0 heterocycles. The number of rotatable bonds is 5. The van der Waals surface area contributed by atoms with Gasteiger partial charge in [0, 0.05) is 0 Å². The molecule has 1 rings (SSSR count). The molecule has 1 aromatic carbocycles. The van der Waals surface area contributed by atoms with E-state index in [4.69, 9.17) is 22.5 Å². The van der Waals surface area contributed by atoms with E-state index in [1.54, 1.807) is 13.8 Å². The number of oxime groups is 1. The molecule has 0 aromatic heterocycles. The Labute approximate surface area is 121 Å². The van der Waals surface area contributed by atoms with E-state index in [2.05, 4.69) is 10.5 Å². The van der Waals surface area contributed by atoms with Crippen molar-refractivity contribution >= 4 is 23.3 Å². The Balaban J connectivity index is 3.12. The monoisotopic (exact) mass is 301 g/mol. The number of hydrogen-bond acceptors (Lipinski definition) is 3. The van der Waals surface area contributed by atoms with Gasteiger partial charge >= 0.3 is 0 Å². The number of halogens is 2. The number of benzene rings is 1. The van der Waals surface area contributed by atoms with Crippen LogP contribution in [0.5, 0.6) is 0 Å². The molecule has 0 aliphatic heterocycles. The minimum absolute atomic E-state index is 0.00341. The van der Waals surface area contributed by atoms with Crippen LogP contribution in [-0.4, -0.2) is 22.5 Å². The van der Waals surface area contributed by atoms with Crippen LogP contribution in [0, 0.1) is 5.82 Å². The molecule has 20 heavy (non-hydrogen) atoms. The molecule has 0 atom stereocenters. The van der Waals surface area contributed by atoms with Crippen LogP contribution in [-0.2, 0) is 0 Å². The van der Waals surface area contributed by atoms with Gasteiger partial charge in [-0.3, -0.25) is 4.79 Å². The maximum Gasteiger partial charge on any atom is 0.253 e. The highest BCUT2D eigenvalue weighted by molar-refractivity contribution is 6.34. The van der Waals surface area contributed by atoms with Crippen LogP contribution in [0.2, 0.25) is 5.02 Å². The van der Waals surface area contributed by atoms with Crippen molar-refractivity contribution in [1.29, 1.82) is 0 Å². The lowest BCUT2D eigenvalue weighted by molar-refractivity contribution is 0.0917. The quantitative estimate of drug-likeness (QED) is 0.338. The van der Waals surface area contributed by atoms with Gasteiger partial charge in [-0.25, -0.2) is 4.39 Å². The van der Waals surface area contributed by atoms with Crippen LogP contribution in [0.4, 0.5) is 4.39 Å². The van der Waals surface area contributed by atoms with Crippen molar-refractivity contribution < 1.29 is 14.4 Å². The fraction of sp³-hybridized carbons (Fsp3) is 0.385. The molecule has 1 amide bonds. The standard InChI is InChI=1S/C13H17ClFN3O2/c1-3-13(4-2,12(16)18-20)17-11(19)8-6-5-7-9(15)10(8)14/h5-7,20H,3-4H2,1-2H3,(H2,16,18)(H,17,19). The first-order valence-electron chi connectivity index (χ1n) is 6.16. The average Bonchev–Trinajstić information content (AvgIpc) is 2.46. The Morgan fingerprint density at radius 3 is 2.60 bits per heavy atom. The molecular formula is C13H17ClFN3O2. The van der Waals surface area contributed by atoms with Crippen LogP contribution in [0.1, 0.15) is 37.0 Å². The number of nitrogens with one attached hydrogen (secondary N) is 1. The third-order valence-corrected chi connectivity index (χ3v) is 3.74. The number of carbonyl (C=O) groups excluding carboxylic acids is 1. The molecule has 0 saturated carbocycles. The van der Waals surface area contributed by atoms with Gasteiger partial charge in [-0.1, -0.05) is 36.7 Å². The highest BCUT2D eigenvalue weighted by atomic mass is 35.5. The second-order valence-corrected chi connectivity index (χ2v) is 4.71. The van der Waals surface area contributed by atoms with Crippen molar-refractivity contribution in [2.24, 2.45) is 10.9 Å². The minimum Gasteiger partial charge on any atom is -0.409 e. The zero-order valence-electron chi connectivity index (χ0n) is 11.3. The molecular weight excluding hydrogens is 285 g/mol. The van der Waals surface area contributed by atoms with Gasteiger partial charge in [0.15, 0.2) is 5.84 Å². The molecule has 0 radical (unpaired) electrons. The summed E-state index contributed by atoms with van der Waals surface area (Å²) in [6, 6.07) is 3.96. The van der Waals surface area contributed by atoms with E-state index >= 15 is 0 Å². The molecule has 110 valence electrons. The van der Waals surface area contributed by atoms with Crippen molar-refractivity contribution in [1.82, 2.24) is 5.32 Å². The molecule has 7 heteroatoms. The largest absolute Gasteiger partial charge is 0.409 e. The van der Waals surface area contributed by atoms with Crippen molar-refractivity contribution in [3.8, 4) is 0 Å². The third kappa shape index (κ3) is 3.01. The van der Waals surface area contributed by atoms with E-state index < -0.39 is 17.3 Å². The van der Waals surface area contributed by atoms with E-state index in [0.29, 0.717) is 12.8 Å². The molecule has 5 nitrogen and oxygen atoms in total. The maximum atomic E-state index is 13.4. The predicted molar refractivity (Wildman–Crippen MR) is 75.6 cm³/mol. The summed E-state index contributed by atoms with van der Waals surface area (Å²) in [7, 11) is 0. The van der Waals surface area contributed by atoms with Crippen molar-refractivity contribution in [2.75, 3.05) is 0 Å². The van der Waals surface area contributed by atoms with Gasteiger partial charge in [-0.05, 0) is 25.0 Å². The van der Waals surface area contributed by atoms with Crippen LogP contribution in [0.15, 0.2) is 23.4 Å². The second-order valence-electron chi connectivity index (χ2n) is 4.33. The van der Waals surface area contributed by atoms with Crippen LogP contribution >= 0.6 is 11.6 Å². The van der Waals surface area contributed by atoms with Crippen molar-refractivity contribution in [2.45, 2.75) is 32.2 Å². The molecule has 0 spiro atoms. The van der Waals surface area contributed by atoms with E-state index in [0.717, 1.165) is 6.07 Å². The molecule has 1 aromatic rings. The van der Waals surface area contributed by atoms with Crippen molar-refractivity contribution in [3.05, 3.63) is 34.6 Å². The summed E-state index contributed by atoms with van der Waals surface area (Å²) in [5, 5.41) is 14.2. The fourth-order valence-electron chi connectivity index (χ4n) is 1.91. The lowest BCUT2D eigenvalue weighted by Gasteiger charge is -2.31. The summed E-state index contributed by atoms with van der Waals surface area (Å²) in [5.74, 6) is -1.37. The molecule has 0 unspecified atom stereocenters. The Morgan fingerprint density at radius 1 is 1.50 bits per heavy atom. The van der Waals surface area contributed by atoms with Gasteiger partial charge in [0.1, 0.15) is 11.4 Å². The number of nitrogens with two attached hydrogens (primary N) is 1. The summed E-state index contributed by atoms with van der Waals surface area (Å²) in [6.45, 7) is 3.57. The zero-order chi connectivity index (χ0) is 15.3. The van der Waals surface area contributed by atoms with E-state index in [1.807, 2.05) is 0 Å². The SMILES string of the molecule is CCC(CC)(NC(=O)c1cccc(F)c1Cl)/C(N)=N/O. The number of hydrogen-bond donors (Lipinski definition) is 3. The number of carbonyl (C=O) groups is 1. The lowest BCUT2D eigenvalue weighted by Crippen LogP contribution is -2.56. The highest BCUT2D eigenvalue weighted by Gasteiger charge is 2.34. The van der Waals surface area contributed by atoms with Gasteiger partial charge in [0.25, 0.3) is 5.91 Å². The Bertz CT molecular complexity index is 530. The lowest BCUT2D eigenvalue weighted by atomic mass is 9.91. The predicted octanol–water partition coefficient (Wildman–Crippen LogP) is 2.51. The third-order valence-electron chi connectivity index (χ3n) is 3.35. The summed E-state index contributed by atoms with van der Waals surface area (Å²) in [4.78, 5) is 12.2. The van der Waals surface area contributed by atoms with Gasteiger partial charge in [0.2, 0.25) is 0 Å². The van der Waals surface area contributed by atoms with Crippen LogP contribution < -0.4 is 11.1 Å². The number of nitrogens with zero attached hydrogens (tertiary/aromatic N) is 1. The van der Waals surface area contributed by atoms with Gasteiger partial charge in [-0.2, -0.15) is 0 Å². The summed E-state index contributed by atoms with van der Waals surface area (Å²) in [5.41, 5.74) is 4.65. The Morgan fingerprint density at radius 2 is 2.10 bits per heavy atom. The molecule has 0 bridgehead atoms. The molecule has 0 saturated heterocycles. The first-order chi connectivity index (χ1) is 9.41. The minimum atomic E-state index is -0.999. The molecule has 0 aliphatic carbocycles. The van der Waals surface area contributed by atoms with Gasteiger partial charge in [-0.15, -0.1) is 0 Å². The normalized spacial score (nSPS) is 12.3. The summed E-state index contributed by atoms with van der Waals surface area (Å²) >= 11 is 5.77. The Kier molecular flexibility index (Phi) is 5.33. The van der Waals surface area contributed by atoms with E-state index in [-0.39, 0.29) is 16.4 Å². The first-order valence-corrected chi connectivity index (χ1v) is 6.54. The number of amidine groups is 1. The molecule has 0 fully saturated rings. The van der Waals surface area contributed by atoms with Crippen LogP contribution in [0.3, 0.4) is 0 Å². The van der Waals surface area contributed by atoms with E-state index in [9.17, 15) is 9.18 Å².